The maximum Gasteiger partial charge on any atom is 0.177 e. The highest BCUT2D eigenvalue weighted by Crippen LogP contribution is 2.20. The van der Waals surface area contributed by atoms with E-state index in [9.17, 15) is 4.79 Å². The summed E-state index contributed by atoms with van der Waals surface area (Å²) in [5.74, 6) is -0.0253. The molecule has 1 N–H and O–H groups in total. The molecule has 0 unspecified atom stereocenters. The van der Waals surface area contributed by atoms with Crippen molar-refractivity contribution in [2.24, 2.45) is 0 Å². The van der Waals surface area contributed by atoms with Crippen LogP contribution in [0.25, 0.3) is 11.3 Å². The highest BCUT2D eigenvalue weighted by atomic mass is 35.5. The number of aromatic amines is 1. The fourth-order valence-corrected chi connectivity index (χ4v) is 1.40. The van der Waals surface area contributed by atoms with E-state index in [0.29, 0.717) is 10.7 Å². The van der Waals surface area contributed by atoms with Crippen molar-refractivity contribution in [2.75, 3.05) is 0 Å². The summed E-state index contributed by atoms with van der Waals surface area (Å²) in [7, 11) is 0. The zero-order valence-electron chi connectivity index (χ0n) is 8.12. The number of aromatic nitrogens is 2. The molecule has 0 fully saturated rings. The normalized spacial score (nSPS) is 10.3. The minimum absolute atomic E-state index is 0.0253. The number of H-pyrrole nitrogens is 1. The predicted molar refractivity (Wildman–Crippen MR) is 59.0 cm³/mol. The van der Waals surface area contributed by atoms with Crippen LogP contribution in [0.4, 0.5) is 0 Å². The van der Waals surface area contributed by atoms with E-state index in [1.54, 1.807) is 18.2 Å². The van der Waals surface area contributed by atoms with Crippen LogP contribution in [0.2, 0.25) is 5.02 Å². The number of ketones is 1. The van der Waals surface area contributed by atoms with Gasteiger partial charge < -0.3 is 0 Å². The van der Waals surface area contributed by atoms with E-state index in [0.717, 1.165) is 11.3 Å². The molecule has 0 saturated heterocycles. The SMILES string of the molecule is CC(=O)c1cc(-c2ccc(Cl)cc2)n[nH]1. The number of hydrogen-bond donors (Lipinski definition) is 1. The summed E-state index contributed by atoms with van der Waals surface area (Å²) in [5, 5.41) is 7.42. The van der Waals surface area contributed by atoms with Gasteiger partial charge in [-0.25, -0.2) is 0 Å². The minimum atomic E-state index is -0.0253. The number of benzene rings is 1. The second kappa shape index (κ2) is 3.87. The number of hydrogen-bond acceptors (Lipinski definition) is 2. The van der Waals surface area contributed by atoms with Crippen LogP contribution in [-0.2, 0) is 0 Å². The van der Waals surface area contributed by atoms with Crippen molar-refractivity contribution in [1.29, 1.82) is 0 Å². The summed E-state index contributed by atoms with van der Waals surface area (Å²) in [6.45, 7) is 1.50. The van der Waals surface area contributed by atoms with E-state index >= 15 is 0 Å². The summed E-state index contributed by atoms with van der Waals surface area (Å²) >= 11 is 5.77. The van der Waals surface area contributed by atoms with Gasteiger partial charge in [0.2, 0.25) is 0 Å². The Morgan fingerprint density at radius 3 is 2.53 bits per heavy atom. The van der Waals surface area contributed by atoms with Crippen LogP contribution in [0.15, 0.2) is 30.3 Å². The lowest BCUT2D eigenvalue weighted by Crippen LogP contribution is -1.90. The molecule has 0 aliphatic rings. The molecule has 76 valence electrons. The second-order valence-corrected chi connectivity index (χ2v) is 3.67. The van der Waals surface area contributed by atoms with Crippen LogP contribution in [0.3, 0.4) is 0 Å². The number of carbonyl (C=O) groups excluding carboxylic acids is 1. The van der Waals surface area contributed by atoms with E-state index < -0.39 is 0 Å². The first kappa shape index (κ1) is 9.93. The van der Waals surface area contributed by atoms with Gasteiger partial charge in [-0.15, -0.1) is 0 Å². The van der Waals surface area contributed by atoms with E-state index in [-0.39, 0.29) is 5.78 Å². The molecule has 0 atom stereocenters. The van der Waals surface area contributed by atoms with Gasteiger partial charge in [-0.2, -0.15) is 5.10 Å². The number of halogens is 1. The van der Waals surface area contributed by atoms with Gasteiger partial charge in [0.1, 0.15) is 5.69 Å². The fourth-order valence-electron chi connectivity index (χ4n) is 1.27. The molecule has 1 heterocycles. The zero-order valence-corrected chi connectivity index (χ0v) is 8.88. The molecule has 3 nitrogen and oxygen atoms in total. The third-order valence-electron chi connectivity index (χ3n) is 2.10. The third kappa shape index (κ3) is 2.07. The molecule has 4 heteroatoms. The molecule has 1 aromatic heterocycles. The van der Waals surface area contributed by atoms with E-state index in [1.807, 2.05) is 12.1 Å². The molecule has 1 aromatic carbocycles. The molecule has 0 aliphatic heterocycles. The van der Waals surface area contributed by atoms with Crippen LogP contribution in [0, 0.1) is 0 Å². The van der Waals surface area contributed by atoms with Crippen molar-refractivity contribution in [2.45, 2.75) is 6.92 Å². The summed E-state index contributed by atoms with van der Waals surface area (Å²) in [6.07, 6.45) is 0. The van der Waals surface area contributed by atoms with Crippen molar-refractivity contribution in [3.63, 3.8) is 0 Å². The quantitative estimate of drug-likeness (QED) is 0.791. The van der Waals surface area contributed by atoms with Gasteiger partial charge in [0.05, 0.1) is 5.69 Å². The topological polar surface area (TPSA) is 45.8 Å². The van der Waals surface area contributed by atoms with Gasteiger partial charge in [-0.3, -0.25) is 9.89 Å². The van der Waals surface area contributed by atoms with Gasteiger partial charge in [-0.05, 0) is 18.2 Å². The highest BCUT2D eigenvalue weighted by Gasteiger charge is 2.06. The fraction of sp³-hybridized carbons (Fsp3) is 0.0909. The smallest absolute Gasteiger partial charge is 0.177 e. The Balaban J connectivity index is 2.37. The molecule has 0 saturated carbocycles. The standard InChI is InChI=1S/C11H9ClN2O/c1-7(15)10-6-11(14-13-10)8-2-4-9(12)5-3-8/h2-6H,1H3,(H,13,14). The zero-order chi connectivity index (χ0) is 10.8. The Labute approximate surface area is 92.1 Å². The van der Waals surface area contributed by atoms with E-state index in [2.05, 4.69) is 10.2 Å². The summed E-state index contributed by atoms with van der Waals surface area (Å²) in [5.41, 5.74) is 2.19. The lowest BCUT2D eigenvalue weighted by Gasteiger charge is -1.94. The van der Waals surface area contributed by atoms with Gasteiger partial charge in [-0.1, -0.05) is 23.7 Å². The van der Waals surface area contributed by atoms with Crippen LogP contribution in [-0.4, -0.2) is 16.0 Å². The molecule has 2 aromatic rings. The number of Topliss-reactive ketones (excluding diaryl/α,β-unsaturated/α-hetero) is 1. The molecule has 0 bridgehead atoms. The molecular formula is C11H9ClN2O. The third-order valence-corrected chi connectivity index (χ3v) is 2.35. The Morgan fingerprint density at radius 2 is 2.00 bits per heavy atom. The average molecular weight is 221 g/mol. The Hall–Kier alpha value is -1.61. The number of rotatable bonds is 2. The second-order valence-electron chi connectivity index (χ2n) is 3.23. The number of nitrogens with zero attached hydrogens (tertiary/aromatic N) is 1. The van der Waals surface area contributed by atoms with Gasteiger partial charge in [0, 0.05) is 17.5 Å². The maximum absolute atomic E-state index is 11.1. The Morgan fingerprint density at radius 1 is 1.33 bits per heavy atom. The number of carbonyl (C=O) groups is 1. The summed E-state index contributed by atoms with van der Waals surface area (Å²) in [6, 6.07) is 9.04. The van der Waals surface area contributed by atoms with Crippen molar-refractivity contribution >= 4 is 17.4 Å². The molecule has 15 heavy (non-hydrogen) atoms. The highest BCUT2D eigenvalue weighted by molar-refractivity contribution is 6.30. The first-order valence-corrected chi connectivity index (χ1v) is 4.87. The molecule has 0 amide bonds. The van der Waals surface area contributed by atoms with Crippen molar-refractivity contribution in [3.05, 3.63) is 41.0 Å². The Kier molecular flexibility index (Phi) is 2.56. The van der Waals surface area contributed by atoms with Crippen molar-refractivity contribution in [1.82, 2.24) is 10.2 Å². The van der Waals surface area contributed by atoms with Crippen molar-refractivity contribution in [3.8, 4) is 11.3 Å². The molecule has 0 spiro atoms. The van der Waals surface area contributed by atoms with Crippen LogP contribution in [0.1, 0.15) is 17.4 Å². The summed E-state index contributed by atoms with van der Waals surface area (Å²) < 4.78 is 0. The first-order valence-electron chi connectivity index (χ1n) is 4.49. The monoisotopic (exact) mass is 220 g/mol. The largest absolute Gasteiger partial charge is 0.293 e. The first-order chi connectivity index (χ1) is 7.16. The molecule has 0 aliphatic carbocycles. The van der Waals surface area contributed by atoms with Gasteiger partial charge in [0.15, 0.2) is 5.78 Å². The van der Waals surface area contributed by atoms with Crippen LogP contribution in [0.5, 0.6) is 0 Å². The number of nitrogens with one attached hydrogen (secondary N) is 1. The van der Waals surface area contributed by atoms with Crippen LogP contribution >= 0.6 is 11.6 Å². The Bertz CT molecular complexity index is 488. The van der Waals surface area contributed by atoms with Gasteiger partial charge in [0.25, 0.3) is 0 Å². The molecule has 2 rings (SSSR count). The molecular weight excluding hydrogens is 212 g/mol. The van der Waals surface area contributed by atoms with Crippen molar-refractivity contribution < 1.29 is 4.79 Å². The lowest BCUT2D eigenvalue weighted by molar-refractivity contribution is 0.101. The van der Waals surface area contributed by atoms with Crippen LogP contribution < -0.4 is 0 Å². The summed E-state index contributed by atoms with van der Waals surface area (Å²) in [4.78, 5) is 11.1. The maximum atomic E-state index is 11.1. The average Bonchev–Trinajstić information content (AvgIpc) is 2.68. The minimum Gasteiger partial charge on any atom is -0.293 e. The predicted octanol–water partition coefficient (Wildman–Crippen LogP) is 2.93. The lowest BCUT2D eigenvalue weighted by atomic mass is 10.1. The van der Waals surface area contributed by atoms with E-state index in [4.69, 9.17) is 11.6 Å². The van der Waals surface area contributed by atoms with Gasteiger partial charge >= 0.3 is 0 Å². The van der Waals surface area contributed by atoms with E-state index in [1.165, 1.54) is 6.92 Å². The molecule has 0 radical (unpaired) electrons.